The third-order valence-corrected chi connectivity index (χ3v) is 2.49. The molecule has 1 aromatic rings. The van der Waals surface area contributed by atoms with Crippen molar-refractivity contribution in [1.29, 1.82) is 0 Å². The van der Waals surface area contributed by atoms with E-state index in [-0.39, 0.29) is 18.5 Å². The Morgan fingerprint density at radius 1 is 1.38 bits per heavy atom. The fourth-order valence-electron chi connectivity index (χ4n) is 1.42. The van der Waals surface area contributed by atoms with Gasteiger partial charge in [0.15, 0.2) is 0 Å². The molecule has 0 spiro atoms. The Morgan fingerprint density at radius 3 is 2.56 bits per heavy atom. The molecule has 0 saturated carbocycles. The molecule has 0 aliphatic carbocycles. The highest BCUT2D eigenvalue weighted by Gasteiger charge is 2.15. The minimum absolute atomic E-state index is 0.0518. The lowest BCUT2D eigenvalue weighted by atomic mass is 9.98. The average Bonchev–Trinajstić information content (AvgIpc) is 2.27. The van der Waals surface area contributed by atoms with E-state index >= 15 is 0 Å². The van der Waals surface area contributed by atoms with Crippen molar-refractivity contribution in [3.05, 3.63) is 35.9 Å². The zero-order valence-corrected chi connectivity index (χ0v) is 9.72. The maximum Gasteiger partial charge on any atom is 0.302 e. The van der Waals surface area contributed by atoms with Crippen LogP contribution < -0.4 is 0 Å². The molecule has 0 aliphatic heterocycles. The minimum Gasteiger partial charge on any atom is -0.465 e. The molecule has 0 heterocycles. The van der Waals surface area contributed by atoms with Crippen LogP contribution in [0.5, 0.6) is 0 Å². The summed E-state index contributed by atoms with van der Waals surface area (Å²) in [6.45, 7) is 3.51. The van der Waals surface area contributed by atoms with Crippen molar-refractivity contribution in [3.8, 4) is 0 Å². The Bertz CT molecular complexity index is 321. The molecule has 0 radical (unpaired) electrons. The van der Waals surface area contributed by atoms with Crippen LogP contribution in [-0.2, 0) is 16.0 Å². The van der Waals surface area contributed by atoms with E-state index in [1.165, 1.54) is 6.92 Å². The number of carbonyl (C=O) groups is 1. The maximum atomic E-state index is 10.6. The number of aliphatic hydroxyl groups is 1. The Hall–Kier alpha value is -1.35. The van der Waals surface area contributed by atoms with Gasteiger partial charge in [-0.25, -0.2) is 0 Å². The van der Waals surface area contributed by atoms with E-state index in [1.54, 1.807) is 0 Å². The van der Waals surface area contributed by atoms with Crippen molar-refractivity contribution in [2.75, 3.05) is 6.61 Å². The molecule has 2 atom stereocenters. The molecule has 0 fully saturated rings. The Labute approximate surface area is 96.1 Å². The smallest absolute Gasteiger partial charge is 0.302 e. The Kier molecular flexibility index (Phi) is 4.99. The van der Waals surface area contributed by atoms with Gasteiger partial charge in [0.2, 0.25) is 0 Å². The molecule has 1 aromatic carbocycles. The molecule has 0 saturated heterocycles. The van der Waals surface area contributed by atoms with Crippen LogP contribution in [0.1, 0.15) is 19.4 Å². The highest BCUT2D eigenvalue weighted by molar-refractivity contribution is 5.65. The molecule has 1 rings (SSSR count). The normalized spacial score (nSPS) is 14.2. The molecule has 3 heteroatoms. The van der Waals surface area contributed by atoms with E-state index in [4.69, 9.17) is 4.74 Å². The summed E-state index contributed by atoms with van der Waals surface area (Å²) in [4.78, 5) is 10.6. The maximum absolute atomic E-state index is 10.6. The Morgan fingerprint density at radius 2 is 2.00 bits per heavy atom. The van der Waals surface area contributed by atoms with Gasteiger partial charge in [0.05, 0.1) is 12.7 Å². The molecule has 0 aromatic heterocycles. The zero-order valence-electron chi connectivity index (χ0n) is 9.72. The van der Waals surface area contributed by atoms with E-state index in [0.29, 0.717) is 6.42 Å². The summed E-state index contributed by atoms with van der Waals surface area (Å²) in [6, 6.07) is 9.78. The second-order valence-corrected chi connectivity index (χ2v) is 4.04. The van der Waals surface area contributed by atoms with Crippen molar-refractivity contribution < 1.29 is 14.6 Å². The third kappa shape index (κ3) is 4.45. The predicted octanol–water partition coefficient (Wildman–Crippen LogP) is 1.79. The predicted molar refractivity (Wildman–Crippen MR) is 61.9 cm³/mol. The van der Waals surface area contributed by atoms with Crippen molar-refractivity contribution in [2.45, 2.75) is 26.4 Å². The third-order valence-electron chi connectivity index (χ3n) is 2.49. The fourth-order valence-corrected chi connectivity index (χ4v) is 1.42. The van der Waals surface area contributed by atoms with Gasteiger partial charge in [0, 0.05) is 12.8 Å². The minimum atomic E-state index is -0.484. The molecule has 0 aliphatic rings. The molecule has 88 valence electrons. The van der Waals surface area contributed by atoms with Crippen molar-refractivity contribution in [2.24, 2.45) is 5.92 Å². The molecule has 1 N–H and O–H groups in total. The summed E-state index contributed by atoms with van der Waals surface area (Å²) in [5.41, 5.74) is 1.09. The van der Waals surface area contributed by atoms with E-state index < -0.39 is 6.10 Å². The Balaban J connectivity index is 2.39. The van der Waals surface area contributed by atoms with Crippen LogP contribution in [0.25, 0.3) is 0 Å². The zero-order chi connectivity index (χ0) is 12.0. The van der Waals surface area contributed by atoms with Gasteiger partial charge in [-0.1, -0.05) is 37.3 Å². The quantitative estimate of drug-likeness (QED) is 0.773. The van der Waals surface area contributed by atoms with E-state index in [9.17, 15) is 9.90 Å². The number of hydrogen-bond donors (Lipinski definition) is 1. The van der Waals surface area contributed by atoms with Gasteiger partial charge in [0.1, 0.15) is 0 Å². The largest absolute Gasteiger partial charge is 0.465 e. The van der Waals surface area contributed by atoms with Crippen molar-refractivity contribution in [1.82, 2.24) is 0 Å². The van der Waals surface area contributed by atoms with Crippen molar-refractivity contribution >= 4 is 5.97 Å². The van der Waals surface area contributed by atoms with Gasteiger partial charge in [-0.15, -0.1) is 0 Å². The first-order chi connectivity index (χ1) is 7.59. The lowest BCUT2D eigenvalue weighted by molar-refractivity contribution is -0.143. The molecule has 16 heavy (non-hydrogen) atoms. The molecule has 0 unspecified atom stereocenters. The summed E-state index contributed by atoms with van der Waals surface area (Å²) >= 11 is 0. The highest BCUT2D eigenvalue weighted by atomic mass is 16.5. The van der Waals surface area contributed by atoms with Crippen LogP contribution in [0.4, 0.5) is 0 Å². The summed E-state index contributed by atoms with van der Waals surface area (Å²) in [5.74, 6) is -0.358. The van der Waals surface area contributed by atoms with Crippen LogP contribution in [0, 0.1) is 5.92 Å². The first kappa shape index (κ1) is 12.7. The molecule has 0 bridgehead atoms. The first-order valence-corrected chi connectivity index (χ1v) is 5.45. The number of rotatable bonds is 5. The topological polar surface area (TPSA) is 46.5 Å². The van der Waals surface area contributed by atoms with E-state index in [1.807, 2.05) is 37.3 Å². The summed E-state index contributed by atoms with van der Waals surface area (Å²) in [7, 11) is 0. The second-order valence-electron chi connectivity index (χ2n) is 4.04. The van der Waals surface area contributed by atoms with Gasteiger partial charge in [-0.3, -0.25) is 4.79 Å². The highest BCUT2D eigenvalue weighted by Crippen LogP contribution is 2.11. The summed E-state index contributed by atoms with van der Waals surface area (Å²) < 4.78 is 4.86. The molecule has 0 amide bonds. The van der Waals surface area contributed by atoms with Crippen molar-refractivity contribution in [3.63, 3.8) is 0 Å². The second kappa shape index (κ2) is 6.28. The summed E-state index contributed by atoms with van der Waals surface area (Å²) in [6.07, 6.45) is 0.102. The molecular weight excluding hydrogens is 204 g/mol. The number of esters is 1. The van der Waals surface area contributed by atoms with Crippen LogP contribution in [0.3, 0.4) is 0 Å². The van der Waals surface area contributed by atoms with E-state index in [2.05, 4.69) is 0 Å². The lowest BCUT2D eigenvalue weighted by Gasteiger charge is -2.18. The number of aliphatic hydroxyl groups excluding tert-OH is 1. The van der Waals surface area contributed by atoms with Crippen LogP contribution >= 0.6 is 0 Å². The van der Waals surface area contributed by atoms with Gasteiger partial charge >= 0.3 is 5.97 Å². The first-order valence-electron chi connectivity index (χ1n) is 5.45. The standard InChI is InChI=1S/C13H18O3/c1-10(9-16-11(2)14)13(15)8-12-6-4-3-5-7-12/h3-7,10,13,15H,8-9H2,1-2H3/t10-,13-/m1/s1. The van der Waals surface area contributed by atoms with Gasteiger partial charge in [-0.05, 0) is 12.0 Å². The average molecular weight is 222 g/mol. The monoisotopic (exact) mass is 222 g/mol. The van der Waals surface area contributed by atoms with Crippen LogP contribution in [0.2, 0.25) is 0 Å². The van der Waals surface area contributed by atoms with Crippen LogP contribution in [-0.4, -0.2) is 23.8 Å². The number of hydrogen-bond acceptors (Lipinski definition) is 3. The van der Waals surface area contributed by atoms with Gasteiger partial charge in [0.25, 0.3) is 0 Å². The number of benzene rings is 1. The van der Waals surface area contributed by atoms with Crippen LogP contribution in [0.15, 0.2) is 30.3 Å². The lowest BCUT2D eigenvalue weighted by Crippen LogP contribution is -2.25. The number of ether oxygens (including phenoxy) is 1. The van der Waals surface area contributed by atoms with Gasteiger partial charge in [-0.2, -0.15) is 0 Å². The number of carbonyl (C=O) groups excluding carboxylic acids is 1. The molecule has 3 nitrogen and oxygen atoms in total. The fraction of sp³-hybridized carbons (Fsp3) is 0.462. The molecular formula is C13H18O3. The van der Waals surface area contributed by atoms with Gasteiger partial charge < -0.3 is 9.84 Å². The summed E-state index contributed by atoms with van der Waals surface area (Å²) in [5, 5.41) is 9.89. The SMILES string of the molecule is CC(=O)OC[C@@H](C)[C@H](O)Cc1ccccc1. The van der Waals surface area contributed by atoms with E-state index in [0.717, 1.165) is 5.56 Å².